The van der Waals surface area contributed by atoms with Gasteiger partial charge in [-0.15, -0.1) is 6.58 Å². The van der Waals surface area contributed by atoms with Crippen LogP contribution >= 0.6 is 0 Å². The highest BCUT2D eigenvalue weighted by molar-refractivity contribution is 5.62. The predicted octanol–water partition coefficient (Wildman–Crippen LogP) is 2.46. The molecule has 1 fully saturated rings. The van der Waals surface area contributed by atoms with Gasteiger partial charge in [-0.05, 0) is 32.0 Å². The number of hydrogen-bond acceptors (Lipinski definition) is 5. The fourth-order valence-corrected chi connectivity index (χ4v) is 2.92. The highest BCUT2D eigenvalue weighted by Crippen LogP contribution is 2.22. The van der Waals surface area contributed by atoms with E-state index in [0.29, 0.717) is 0 Å². The molecule has 2 aromatic rings. The Morgan fingerprint density at radius 1 is 1.09 bits per heavy atom. The minimum Gasteiger partial charge on any atom is -0.338 e. The molecule has 3 rings (SSSR count). The van der Waals surface area contributed by atoms with Gasteiger partial charge in [-0.2, -0.15) is 0 Å². The smallest absolute Gasteiger partial charge is 0.225 e. The van der Waals surface area contributed by atoms with Crippen LogP contribution in [-0.4, -0.2) is 52.6 Å². The molecule has 3 heterocycles. The van der Waals surface area contributed by atoms with Gasteiger partial charge in [-0.3, -0.25) is 9.88 Å². The van der Waals surface area contributed by atoms with Crippen LogP contribution in [0.25, 0.3) is 11.3 Å². The van der Waals surface area contributed by atoms with Gasteiger partial charge in [0.15, 0.2) is 0 Å². The minimum atomic E-state index is 0.806. The maximum atomic E-state index is 4.76. The van der Waals surface area contributed by atoms with Crippen LogP contribution in [0.5, 0.6) is 0 Å². The molecular formula is C18H23N5. The number of piperazine rings is 1. The Morgan fingerprint density at radius 3 is 2.57 bits per heavy atom. The maximum Gasteiger partial charge on any atom is 0.225 e. The van der Waals surface area contributed by atoms with Crippen LogP contribution in [0.3, 0.4) is 0 Å². The Bertz CT molecular complexity index is 690. The molecule has 0 aromatic carbocycles. The molecule has 0 spiro atoms. The third kappa shape index (κ3) is 3.56. The van der Waals surface area contributed by atoms with E-state index >= 15 is 0 Å². The van der Waals surface area contributed by atoms with Crippen LogP contribution in [0.4, 0.5) is 5.95 Å². The van der Waals surface area contributed by atoms with Crippen molar-refractivity contribution in [3.63, 3.8) is 0 Å². The van der Waals surface area contributed by atoms with Gasteiger partial charge in [0.1, 0.15) is 0 Å². The Kier molecular flexibility index (Phi) is 4.67. The fraction of sp³-hybridized carbons (Fsp3) is 0.389. The molecular weight excluding hydrogens is 286 g/mol. The van der Waals surface area contributed by atoms with Crippen molar-refractivity contribution in [1.29, 1.82) is 0 Å². The number of aromatic nitrogens is 3. The van der Waals surface area contributed by atoms with E-state index in [1.165, 1.54) is 0 Å². The third-order valence-electron chi connectivity index (χ3n) is 4.19. The molecule has 5 nitrogen and oxygen atoms in total. The monoisotopic (exact) mass is 309 g/mol. The first kappa shape index (κ1) is 15.6. The van der Waals surface area contributed by atoms with Crippen molar-refractivity contribution in [2.45, 2.75) is 13.8 Å². The summed E-state index contributed by atoms with van der Waals surface area (Å²) in [6.07, 6.45) is 3.80. The predicted molar refractivity (Wildman–Crippen MR) is 93.6 cm³/mol. The Labute approximate surface area is 137 Å². The molecule has 0 N–H and O–H groups in total. The molecule has 2 aromatic heterocycles. The lowest BCUT2D eigenvalue weighted by Crippen LogP contribution is -2.46. The Morgan fingerprint density at radius 2 is 1.87 bits per heavy atom. The first-order valence-electron chi connectivity index (χ1n) is 8.03. The first-order valence-corrected chi connectivity index (χ1v) is 8.03. The van der Waals surface area contributed by atoms with E-state index in [4.69, 9.17) is 4.98 Å². The first-order chi connectivity index (χ1) is 11.2. The summed E-state index contributed by atoms with van der Waals surface area (Å²) in [6, 6.07) is 6.07. The van der Waals surface area contributed by atoms with E-state index in [0.717, 1.165) is 61.3 Å². The van der Waals surface area contributed by atoms with Crippen LogP contribution in [0.15, 0.2) is 37.1 Å². The van der Waals surface area contributed by atoms with Gasteiger partial charge in [0.25, 0.3) is 0 Å². The molecule has 5 heteroatoms. The van der Waals surface area contributed by atoms with E-state index in [-0.39, 0.29) is 0 Å². The highest BCUT2D eigenvalue weighted by atomic mass is 15.3. The van der Waals surface area contributed by atoms with E-state index in [9.17, 15) is 0 Å². The standard InChI is InChI=1S/C18H23N5/c1-4-9-22-10-12-23(13-11-22)18-19-8-7-17(21-18)16-6-5-14(2)20-15(16)3/h4-8H,1,9-13H2,2-3H3. The molecule has 1 aliphatic heterocycles. The van der Waals surface area contributed by atoms with Gasteiger partial charge >= 0.3 is 0 Å². The van der Waals surface area contributed by atoms with Crippen molar-refractivity contribution in [2.75, 3.05) is 37.6 Å². The molecule has 0 atom stereocenters. The lowest BCUT2D eigenvalue weighted by Gasteiger charge is -2.34. The average Bonchev–Trinajstić information content (AvgIpc) is 2.56. The summed E-state index contributed by atoms with van der Waals surface area (Å²) in [5.41, 5.74) is 4.04. The summed E-state index contributed by atoms with van der Waals surface area (Å²) < 4.78 is 0. The zero-order chi connectivity index (χ0) is 16.2. The molecule has 1 saturated heterocycles. The summed E-state index contributed by atoms with van der Waals surface area (Å²) in [5.74, 6) is 0.806. The van der Waals surface area contributed by atoms with Crippen molar-refractivity contribution >= 4 is 5.95 Å². The molecule has 0 bridgehead atoms. The van der Waals surface area contributed by atoms with Gasteiger partial charge in [0.2, 0.25) is 5.95 Å². The van der Waals surface area contributed by atoms with Crippen LogP contribution in [-0.2, 0) is 0 Å². The molecule has 0 radical (unpaired) electrons. The number of hydrogen-bond donors (Lipinski definition) is 0. The third-order valence-corrected chi connectivity index (χ3v) is 4.19. The summed E-state index contributed by atoms with van der Waals surface area (Å²) >= 11 is 0. The second-order valence-electron chi connectivity index (χ2n) is 5.90. The second-order valence-corrected chi connectivity index (χ2v) is 5.90. The highest BCUT2D eigenvalue weighted by Gasteiger charge is 2.18. The Hall–Kier alpha value is -2.27. The second kappa shape index (κ2) is 6.87. The van der Waals surface area contributed by atoms with Crippen LogP contribution in [0.2, 0.25) is 0 Å². The van der Waals surface area contributed by atoms with Crippen LogP contribution in [0.1, 0.15) is 11.4 Å². The quantitative estimate of drug-likeness (QED) is 0.812. The fourth-order valence-electron chi connectivity index (χ4n) is 2.92. The largest absolute Gasteiger partial charge is 0.338 e. The zero-order valence-corrected chi connectivity index (χ0v) is 13.9. The normalized spacial score (nSPS) is 15.7. The van der Waals surface area contributed by atoms with Crippen molar-refractivity contribution < 1.29 is 0 Å². The average molecular weight is 309 g/mol. The van der Waals surface area contributed by atoms with Gasteiger partial charge in [-0.25, -0.2) is 9.97 Å². The number of rotatable bonds is 4. The van der Waals surface area contributed by atoms with Gasteiger partial charge in [0, 0.05) is 55.9 Å². The summed E-state index contributed by atoms with van der Waals surface area (Å²) in [7, 11) is 0. The topological polar surface area (TPSA) is 45.2 Å². The molecule has 0 saturated carbocycles. The van der Waals surface area contributed by atoms with E-state index in [1.54, 1.807) is 0 Å². The number of anilines is 1. The van der Waals surface area contributed by atoms with Crippen LogP contribution < -0.4 is 4.90 Å². The van der Waals surface area contributed by atoms with Gasteiger partial charge in [-0.1, -0.05) is 6.08 Å². The van der Waals surface area contributed by atoms with Gasteiger partial charge < -0.3 is 4.90 Å². The van der Waals surface area contributed by atoms with Gasteiger partial charge in [0.05, 0.1) is 5.69 Å². The number of aryl methyl sites for hydroxylation is 2. The summed E-state index contributed by atoms with van der Waals surface area (Å²) in [6.45, 7) is 12.7. The van der Waals surface area contributed by atoms with Crippen molar-refractivity contribution in [3.05, 3.63) is 48.4 Å². The van der Waals surface area contributed by atoms with Crippen LogP contribution in [0, 0.1) is 13.8 Å². The van der Waals surface area contributed by atoms with E-state index in [1.807, 2.05) is 38.3 Å². The maximum absolute atomic E-state index is 4.76. The zero-order valence-electron chi connectivity index (χ0n) is 13.9. The summed E-state index contributed by atoms with van der Waals surface area (Å²) in [5, 5.41) is 0. The summed E-state index contributed by atoms with van der Waals surface area (Å²) in [4.78, 5) is 18.4. The number of nitrogens with zero attached hydrogens (tertiary/aromatic N) is 5. The Balaban J connectivity index is 1.79. The molecule has 0 amide bonds. The van der Waals surface area contributed by atoms with E-state index < -0.39 is 0 Å². The number of pyridine rings is 1. The molecule has 120 valence electrons. The minimum absolute atomic E-state index is 0.806. The lowest BCUT2D eigenvalue weighted by atomic mass is 10.1. The van der Waals surface area contributed by atoms with Crippen molar-refractivity contribution in [3.8, 4) is 11.3 Å². The van der Waals surface area contributed by atoms with Crippen molar-refractivity contribution in [1.82, 2.24) is 19.9 Å². The lowest BCUT2D eigenvalue weighted by molar-refractivity contribution is 0.283. The molecule has 0 unspecified atom stereocenters. The van der Waals surface area contributed by atoms with Crippen molar-refractivity contribution in [2.24, 2.45) is 0 Å². The molecule has 0 aliphatic carbocycles. The molecule has 23 heavy (non-hydrogen) atoms. The molecule has 1 aliphatic rings. The van der Waals surface area contributed by atoms with E-state index in [2.05, 4.69) is 32.4 Å². The SMILES string of the molecule is C=CCN1CCN(c2nccc(-c3ccc(C)nc3C)n2)CC1.